The summed E-state index contributed by atoms with van der Waals surface area (Å²) in [6.45, 7) is 0. The molecule has 0 aliphatic rings. The molecule has 3 aromatic heterocycles. The summed E-state index contributed by atoms with van der Waals surface area (Å²) in [5.41, 5.74) is -0.297. The van der Waals surface area contributed by atoms with Gasteiger partial charge in [-0.05, 0) is 36.4 Å². The van der Waals surface area contributed by atoms with Gasteiger partial charge in [-0.15, -0.1) is 0 Å². The maximum atomic E-state index is 13.7. The number of benzene rings is 2. The van der Waals surface area contributed by atoms with Crippen molar-refractivity contribution in [1.29, 1.82) is 0 Å². The largest absolute Gasteiger partial charge is 0.332 e. The summed E-state index contributed by atoms with van der Waals surface area (Å²) in [5, 5.41) is 0.754. The molecule has 0 unspecified atom stereocenters. The molecule has 7 nitrogen and oxygen atoms in total. The molecule has 148 valence electrons. The summed E-state index contributed by atoms with van der Waals surface area (Å²) in [7, 11) is 2.88. The Hall–Kier alpha value is -4.07. The van der Waals surface area contributed by atoms with E-state index in [0.29, 0.717) is 16.6 Å². The molecule has 0 spiro atoms. The van der Waals surface area contributed by atoms with Crippen LogP contribution in [-0.4, -0.2) is 18.7 Å². The molecule has 3 heterocycles. The molecule has 0 bridgehead atoms. The van der Waals surface area contributed by atoms with Gasteiger partial charge >= 0.3 is 5.69 Å². The van der Waals surface area contributed by atoms with Crippen LogP contribution in [0.25, 0.3) is 38.5 Å². The standard InChI is InChI=1S/C22H15FN4O3/c1-25-19-17(21(29)26(2)22(25)30)18-15(11-12-10-13(23)8-9-16(12)24-18)20(28)27(19)14-6-4-3-5-7-14/h3-11H,1-2H3. The van der Waals surface area contributed by atoms with Gasteiger partial charge < -0.3 is 0 Å². The van der Waals surface area contributed by atoms with Crippen LogP contribution in [0.2, 0.25) is 0 Å². The zero-order chi connectivity index (χ0) is 21.2. The molecule has 0 radical (unpaired) electrons. The van der Waals surface area contributed by atoms with E-state index < -0.39 is 22.6 Å². The van der Waals surface area contributed by atoms with Crippen LogP contribution in [0.5, 0.6) is 0 Å². The Kier molecular flexibility index (Phi) is 3.73. The highest BCUT2D eigenvalue weighted by Gasteiger charge is 2.21. The Morgan fingerprint density at radius 1 is 0.867 bits per heavy atom. The van der Waals surface area contributed by atoms with E-state index in [1.54, 1.807) is 30.3 Å². The zero-order valence-corrected chi connectivity index (χ0v) is 16.1. The monoisotopic (exact) mass is 402 g/mol. The lowest BCUT2D eigenvalue weighted by Gasteiger charge is -2.16. The summed E-state index contributed by atoms with van der Waals surface area (Å²) in [4.78, 5) is 43.8. The smallest absolute Gasteiger partial charge is 0.281 e. The van der Waals surface area contributed by atoms with Crippen molar-refractivity contribution in [2.75, 3.05) is 0 Å². The van der Waals surface area contributed by atoms with Crippen molar-refractivity contribution in [3.8, 4) is 5.69 Å². The van der Waals surface area contributed by atoms with Crippen LogP contribution in [0.1, 0.15) is 0 Å². The molecule has 30 heavy (non-hydrogen) atoms. The Morgan fingerprint density at radius 2 is 1.60 bits per heavy atom. The van der Waals surface area contributed by atoms with Gasteiger partial charge in [0, 0.05) is 19.5 Å². The first kappa shape index (κ1) is 18.0. The predicted molar refractivity (Wildman–Crippen MR) is 113 cm³/mol. The molecule has 0 N–H and O–H groups in total. The number of para-hydroxylation sites is 1. The number of aromatic nitrogens is 4. The van der Waals surface area contributed by atoms with Crippen LogP contribution in [0.15, 0.2) is 69.0 Å². The lowest BCUT2D eigenvalue weighted by molar-refractivity contribution is 0.629. The van der Waals surface area contributed by atoms with E-state index in [2.05, 4.69) is 4.98 Å². The third kappa shape index (κ3) is 2.37. The number of hydrogen-bond donors (Lipinski definition) is 0. The zero-order valence-electron chi connectivity index (χ0n) is 16.1. The number of halogens is 1. The van der Waals surface area contributed by atoms with Gasteiger partial charge in [0.1, 0.15) is 16.9 Å². The van der Waals surface area contributed by atoms with Crippen LogP contribution in [0, 0.1) is 5.82 Å². The molecule has 2 aromatic carbocycles. The fourth-order valence-electron chi connectivity index (χ4n) is 3.84. The summed E-state index contributed by atoms with van der Waals surface area (Å²) in [6, 6.07) is 14.3. The van der Waals surface area contributed by atoms with Crippen molar-refractivity contribution in [2.45, 2.75) is 0 Å². The van der Waals surface area contributed by atoms with Crippen LogP contribution in [-0.2, 0) is 14.1 Å². The lowest BCUT2D eigenvalue weighted by Crippen LogP contribution is -2.39. The second kappa shape index (κ2) is 6.21. The highest BCUT2D eigenvalue weighted by atomic mass is 19.1. The van der Waals surface area contributed by atoms with Gasteiger partial charge in [0.25, 0.3) is 11.1 Å². The van der Waals surface area contributed by atoms with Gasteiger partial charge in [0.05, 0.1) is 22.1 Å². The molecule has 5 aromatic rings. The van der Waals surface area contributed by atoms with E-state index in [4.69, 9.17) is 0 Å². The number of pyridine rings is 2. The summed E-state index contributed by atoms with van der Waals surface area (Å²) in [6.07, 6.45) is 0. The highest BCUT2D eigenvalue weighted by Crippen LogP contribution is 2.24. The molecule has 0 saturated heterocycles. The first-order chi connectivity index (χ1) is 14.4. The van der Waals surface area contributed by atoms with Crippen molar-refractivity contribution in [2.24, 2.45) is 14.1 Å². The van der Waals surface area contributed by atoms with E-state index in [-0.39, 0.29) is 21.9 Å². The van der Waals surface area contributed by atoms with Crippen LogP contribution < -0.4 is 16.8 Å². The highest BCUT2D eigenvalue weighted by molar-refractivity contribution is 6.06. The van der Waals surface area contributed by atoms with Crippen molar-refractivity contribution < 1.29 is 4.39 Å². The van der Waals surface area contributed by atoms with Crippen molar-refractivity contribution >= 4 is 32.8 Å². The van der Waals surface area contributed by atoms with E-state index in [1.807, 2.05) is 0 Å². The average molecular weight is 402 g/mol. The maximum absolute atomic E-state index is 13.7. The number of aryl methyl sites for hydroxylation is 1. The minimum atomic E-state index is -0.559. The Bertz CT molecular complexity index is 1680. The average Bonchev–Trinajstić information content (AvgIpc) is 2.75. The summed E-state index contributed by atoms with van der Waals surface area (Å²) >= 11 is 0. The second-order valence-electron chi connectivity index (χ2n) is 7.10. The molecule has 0 atom stereocenters. The molecule has 0 aliphatic heterocycles. The minimum absolute atomic E-state index is 0.143. The molecule has 0 amide bonds. The van der Waals surface area contributed by atoms with Crippen molar-refractivity contribution in [3.05, 3.63) is 91.6 Å². The minimum Gasteiger partial charge on any atom is -0.281 e. The molecule has 5 rings (SSSR count). The number of rotatable bonds is 1. The SMILES string of the molecule is Cn1c(=O)c2c3nc4ccc(F)cc4cc3c(=O)n(-c3ccccc3)c2n(C)c1=O. The fourth-order valence-corrected chi connectivity index (χ4v) is 3.84. The predicted octanol–water partition coefficient (Wildman–Crippen LogP) is 2.23. The maximum Gasteiger partial charge on any atom is 0.332 e. The molecular weight excluding hydrogens is 387 g/mol. The Labute approximate surface area is 167 Å². The van der Waals surface area contributed by atoms with E-state index in [0.717, 1.165) is 4.57 Å². The third-order valence-electron chi connectivity index (χ3n) is 5.31. The van der Waals surface area contributed by atoms with Crippen molar-refractivity contribution in [1.82, 2.24) is 18.7 Å². The third-order valence-corrected chi connectivity index (χ3v) is 5.31. The van der Waals surface area contributed by atoms with E-state index in [9.17, 15) is 18.8 Å². The molecule has 0 saturated carbocycles. The van der Waals surface area contributed by atoms with Gasteiger partial charge in [-0.3, -0.25) is 23.3 Å². The molecule has 0 fully saturated rings. The molecule has 0 aliphatic carbocycles. The number of hydrogen-bond acceptors (Lipinski definition) is 4. The Morgan fingerprint density at radius 3 is 2.33 bits per heavy atom. The normalized spacial score (nSPS) is 11.6. The number of nitrogens with zero attached hydrogens (tertiary/aromatic N) is 4. The van der Waals surface area contributed by atoms with Gasteiger partial charge in [-0.2, -0.15) is 0 Å². The lowest BCUT2D eigenvalue weighted by atomic mass is 10.1. The molecule has 8 heteroatoms. The van der Waals surface area contributed by atoms with Gasteiger partial charge in [-0.1, -0.05) is 18.2 Å². The van der Waals surface area contributed by atoms with Crippen LogP contribution in [0.4, 0.5) is 4.39 Å². The quantitative estimate of drug-likeness (QED) is 0.318. The fraction of sp³-hybridized carbons (Fsp3) is 0.0909. The second-order valence-corrected chi connectivity index (χ2v) is 7.10. The first-order valence-corrected chi connectivity index (χ1v) is 9.18. The van der Waals surface area contributed by atoms with Crippen LogP contribution in [0.3, 0.4) is 0 Å². The van der Waals surface area contributed by atoms with Crippen LogP contribution >= 0.6 is 0 Å². The topological polar surface area (TPSA) is 78.9 Å². The molecular formula is C22H15FN4O3. The summed E-state index contributed by atoms with van der Waals surface area (Å²) in [5.74, 6) is -0.453. The van der Waals surface area contributed by atoms with Gasteiger partial charge in [-0.25, -0.2) is 14.2 Å². The first-order valence-electron chi connectivity index (χ1n) is 9.18. The summed E-state index contributed by atoms with van der Waals surface area (Å²) < 4.78 is 17.3. The van der Waals surface area contributed by atoms with Crippen molar-refractivity contribution in [3.63, 3.8) is 0 Å². The van der Waals surface area contributed by atoms with Gasteiger partial charge in [0.2, 0.25) is 0 Å². The van der Waals surface area contributed by atoms with Gasteiger partial charge in [0.15, 0.2) is 0 Å². The van der Waals surface area contributed by atoms with E-state index in [1.165, 1.54) is 47.5 Å². The number of fused-ring (bicyclic) bond motifs is 4. The van der Waals surface area contributed by atoms with E-state index >= 15 is 0 Å². The Balaban J connectivity index is 2.17.